The molecule has 7 nitrogen and oxygen atoms in total. The zero-order chi connectivity index (χ0) is 12.8. The highest BCUT2D eigenvalue weighted by Crippen LogP contribution is 2.12. The van der Waals surface area contributed by atoms with Gasteiger partial charge in [-0.15, -0.1) is 0 Å². The Balaban J connectivity index is 2.50. The molecule has 0 unspecified atom stereocenters. The second-order valence-electron chi connectivity index (χ2n) is 3.19. The van der Waals surface area contributed by atoms with Gasteiger partial charge >= 0.3 is 6.03 Å². The summed E-state index contributed by atoms with van der Waals surface area (Å²) in [7, 11) is 0. The Labute approximate surface area is 96.8 Å². The molecule has 0 fully saturated rings. The van der Waals surface area contributed by atoms with Crippen LogP contribution in [0.1, 0.15) is 5.56 Å². The summed E-state index contributed by atoms with van der Waals surface area (Å²) in [5.74, 6) is -0.601. The second-order valence-corrected chi connectivity index (χ2v) is 3.19. The Morgan fingerprint density at radius 2 is 1.94 bits per heavy atom. The lowest BCUT2D eigenvalue weighted by Crippen LogP contribution is -2.35. The molecule has 0 heterocycles. The highest BCUT2D eigenvalue weighted by molar-refractivity contribution is 5.98. The molecule has 0 aliphatic heterocycles. The third kappa shape index (κ3) is 4.29. The van der Waals surface area contributed by atoms with E-state index in [-0.39, 0.29) is 12.1 Å². The average molecular weight is 236 g/mol. The maximum absolute atomic E-state index is 11.0. The monoisotopic (exact) mass is 236 g/mol. The summed E-state index contributed by atoms with van der Waals surface area (Å²) < 4.78 is 0. The number of amides is 3. The van der Waals surface area contributed by atoms with Crippen LogP contribution in [0.2, 0.25) is 0 Å². The Kier molecular flexibility index (Phi) is 4.15. The van der Waals surface area contributed by atoms with Gasteiger partial charge in [0.1, 0.15) is 0 Å². The maximum atomic E-state index is 11.0. The number of primary amides is 1. The Morgan fingerprint density at radius 3 is 2.41 bits per heavy atom. The molecule has 89 valence electrons. The van der Waals surface area contributed by atoms with Crippen LogP contribution in [0.4, 0.5) is 10.5 Å². The minimum atomic E-state index is -0.921. The van der Waals surface area contributed by atoms with Crippen molar-refractivity contribution in [3.63, 3.8) is 0 Å². The molecule has 0 saturated carbocycles. The number of carbonyl (C=O) groups is 2. The Hall–Kier alpha value is -2.44. The molecule has 17 heavy (non-hydrogen) atoms. The van der Waals surface area contributed by atoms with Gasteiger partial charge in [-0.3, -0.25) is 20.2 Å². The smallest absolute Gasteiger partial charge is 0.318 e. The first-order valence-corrected chi connectivity index (χ1v) is 4.66. The molecule has 1 radical (unpaired) electrons. The number of hydrogen-bond acceptors (Lipinski definition) is 4. The molecule has 3 amide bonds. The van der Waals surface area contributed by atoms with Crippen molar-refractivity contribution in [2.24, 2.45) is 5.73 Å². The third-order valence-corrected chi connectivity index (χ3v) is 1.92. The molecule has 0 aliphatic carbocycles. The van der Waals surface area contributed by atoms with Crippen molar-refractivity contribution in [3.05, 3.63) is 46.4 Å². The number of rotatable bonds is 4. The zero-order valence-corrected chi connectivity index (χ0v) is 8.75. The van der Waals surface area contributed by atoms with Gasteiger partial charge in [0.15, 0.2) is 0 Å². The summed E-state index contributed by atoms with van der Waals surface area (Å²) in [6.07, 6.45) is 1.49. The average Bonchev–Trinajstić information content (AvgIpc) is 2.26. The van der Waals surface area contributed by atoms with Gasteiger partial charge in [-0.1, -0.05) is 12.1 Å². The van der Waals surface area contributed by atoms with Crippen LogP contribution in [0.25, 0.3) is 0 Å². The van der Waals surface area contributed by atoms with Crippen molar-refractivity contribution in [2.75, 3.05) is 0 Å². The number of hydrogen-bond donors (Lipinski definition) is 2. The van der Waals surface area contributed by atoms with Crippen LogP contribution in [-0.4, -0.2) is 16.9 Å². The number of urea groups is 1. The molecular weight excluding hydrogens is 226 g/mol. The summed E-state index contributed by atoms with van der Waals surface area (Å²) in [5.41, 5.74) is 5.45. The van der Waals surface area contributed by atoms with Gasteiger partial charge in [-0.2, -0.15) is 0 Å². The molecule has 0 bridgehead atoms. The van der Waals surface area contributed by atoms with Gasteiger partial charge in [0.25, 0.3) is 5.69 Å². The van der Waals surface area contributed by atoms with Crippen LogP contribution in [0.15, 0.2) is 24.3 Å². The maximum Gasteiger partial charge on any atom is 0.318 e. The van der Waals surface area contributed by atoms with E-state index in [1.54, 1.807) is 0 Å². The van der Waals surface area contributed by atoms with E-state index in [2.05, 4.69) is 0 Å². The highest BCUT2D eigenvalue weighted by atomic mass is 16.6. The predicted octanol–water partition coefficient (Wildman–Crippen LogP) is 0.536. The van der Waals surface area contributed by atoms with Crippen molar-refractivity contribution in [1.29, 1.82) is 0 Å². The molecule has 1 aromatic carbocycles. The largest absolute Gasteiger partial charge is 0.351 e. The number of non-ortho nitro benzene ring substituents is 1. The van der Waals surface area contributed by atoms with Crippen molar-refractivity contribution in [2.45, 2.75) is 6.42 Å². The molecule has 0 saturated heterocycles. The minimum absolute atomic E-state index is 0.0182. The van der Waals surface area contributed by atoms with Crippen molar-refractivity contribution in [3.8, 4) is 0 Å². The Morgan fingerprint density at radius 1 is 1.35 bits per heavy atom. The molecule has 0 aliphatic rings. The summed E-state index contributed by atoms with van der Waals surface area (Å²) in [6.45, 7) is 0. The fourth-order valence-electron chi connectivity index (χ4n) is 1.14. The van der Waals surface area contributed by atoms with E-state index >= 15 is 0 Å². The number of nitro benzene ring substituents is 1. The van der Waals surface area contributed by atoms with Gasteiger partial charge in [-0.05, 0) is 12.0 Å². The van der Waals surface area contributed by atoms with E-state index in [1.165, 1.54) is 30.7 Å². The predicted molar refractivity (Wildman–Crippen MR) is 58.8 cm³/mol. The number of nitro groups is 1. The lowest BCUT2D eigenvalue weighted by Gasteiger charge is -2.01. The first-order chi connectivity index (χ1) is 7.99. The first kappa shape index (κ1) is 12.6. The summed E-state index contributed by atoms with van der Waals surface area (Å²) >= 11 is 0. The lowest BCUT2D eigenvalue weighted by atomic mass is 10.1. The SMILES string of the molecule is NC(=O)NC(=O)[CH]Cc1ccc([N+](=O)[O-])cc1. The summed E-state index contributed by atoms with van der Waals surface area (Å²) in [4.78, 5) is 31.2. The topological polar surface area (TPSA) is 115 Å². The quantitative estimate of drug-likeness (QED) is 0.586. The lowest BCUT2D eigenvalue weighted by molar-refractivity contribution is -0.384. The number of nitrogens with two attached hydrogens (primary N) is 1. The van der Waals surface area contributed by atoms with E-state index in [0.717, 1.165) is 5.56 Å². The number of imide groups is 1. The van der Waals surface area contributed by atoms with Gasteiger partial charge in [0.05, 0.1) is 11.3 Å². The molecule has 0 spiro atoms. The summed E-state index contributed by atoms with van der Waals surface area (Å²) in [5, 5.41) is 12.3. The van der Waals surface area contributed by atoms with Crippen LogP contribution in [0.3, 0.4) is 0 Å². The fraction of sp³-hybridized carbons (Fsp3) is 0.100. The van der Waals surface area contributed by atoms with Gasteiger partial charge in [0, 0.05) is 12.1 Å². The van der Waals surface area contributed by atoms with Crippen molar-refractivity contribution >= 4 is 17.6 Å². The van der Waals surface area contributed by atoms with Crippen molar-refractivity contribution in [1.82, 2.24) is 5.32 Å². The van der Waals surface area contributed by atoms with Gasteiger partial charge < -0.3 is 5.73 Å². The number of carbonyl (C=O) groups excluding carboxylic acids is 2. The molecule has 0 atom stereocenters. The Bertz CT molecular complexity index is 441. The van der Waals surface area contributed by atoms with E-state index in [0.29, 0.717) is 0 Å². The van der Waals surface area contributed by atoms with Gasteiger partial charge in [-0.25, -0.2) is 4.79 Å². The second kappa shape index (κ2) is 5.59. The normalized spacial score (nSPS) is 9.65. The van der Waals surface area contributed by atoms with Crippen LogP contribution in [-0.2, 0) is 11.2 Å². The molecule has 7 heteroatoms. The van der Waals surface area contributed by atoms with Crippen molar-refractivity contribution < 1.29 is 14.5 Å². The zero-order valence-electron chi connectivity index (χ0n) is 8.75. The van der Waals surface area contributed by atoms with Crippen LogP contribution in [0.5, 0.6) is 0 Å². The molecule has 1 aromatic rings. The molecule has 3 N–H and O–H groups in total. The van der Waals surface area contributed by atoms with E-state index in [4.69, 9.17) is 5.73 Å². The number of benzene rings is 1. The van der Waals surface area contributed by atoms with E-state index in [9.17, 15) is 19.7 Å². The van der Waals surface area contributed by atoms with E-state index in [1.807, 2.05) is 5.32 Å². The molecular formula is C10H10N3O4. The first-order valence-electron chi connectivity index (χ1n) is 4.66. The number of nitrogens with one attached hydrogen (secondary N) is 1. The standard InChI is InChI=1S/C10H10N3O4/c11-10(15)12-9(14)6-3-7-1-4-8(5-2-7)13(16)17/h1-2,4-6H,3H2,(H3,11,12,14,15). The molecule has 1 rings (SSSR count). The van der Waals surface area contributed by atoms with Crippen LogP contribution >= 0.6 is 0 Å². The minimum Gasteiger partial charge on any atom is -0.351 e. The number of nitrogens with zero attached hydrogens (tertiary/aromatic N) is 1. The third-order valence-electron chi connectivity index (χ3n) is 1.92. The van der Waals surface area contributed by atoms with Crippen LogP contribution < -0.4 is 11.1 Å². The fourth-order valence-corrected chi connectivity index (χ4v) is 1.14. The van der Waals surface area contributed by atoms with Gasteiger partial charge in [0.2, 0.25) is 5.91 Å². The van der Waals surface area contributed by atoms with E-state index < -0.39 is 16.9 Å². The van der Waals surface area contributed by atoms with Crippen LogP contribution in [0, 0.1) is 16.5 Å². The summed E-state index contributed by atoms with van der Waals surface area (Å²) in [6, 6.07) is 4.83. The molecule has 0 aromatic heterocycles. The highest BCUT2D eigenvalue weighted by Gasteiger charge is 2.07.